The maximum absolute atomic E-state index is 13.1. The van der Waals surface area contributed by atoms with Crippen LogP contribution in [0.5, 0.6) is 0 Å². The lowest BCUT2D eigenvalue weighted by Gasteiger charge is -2.26. The van der Waals surface area contributed by atoms with Gasteiger partial charge in [0.15, 0.2) is 0 Å². The van der Waals surface area contributed by atoms with E-state index in [-0.39, 0.29) is 97.1 Å². The smallest absolute Gasteiger partial charge is 0.311 e. The minimum atomic E-state index is -0.434. The average Bonchev–Trinajstić information content (AvgIpc) is 3.91. The minimum absolute atomic E-state index is 0.119. The summed E-state index contributed by atoms with van der Waals surface area (Å²) in [5.74, 6) is -2.93. The molecule has 0 amide bonds. The molecule has 0 aromatic heterocycles. The van der Waals surface area contributed by atoms with Crippen LogP contribution in [0.2, 0.25) is 0 Å². The molecule has 0 saturated carbocycles. The van der Waals surface area contributed by atoms with Gasteiger partial charge in [-0.3, -0.25) is 19.2 Å². The molecule has 5 fully saturated rings. The highest BCUT2D eigenvalue weighted by molar-refractivity contribution is 5.74. The van der Waals surface area contributed by atoms with Crippen molar-refractivity contribution in [3.8, 4) is 0 Å². The van der Waals surface area contributed by atoms with E-state index in [1.807, 2.05) is 55.4 Å². The van der Waals surface area contributed by atoms with Crippen molar-refractivity contribution >= 4 is 23.9 Å². The average molecular weight is 737 g/mol. The van der Waals surface area contributed by atoms with Gasteiger partial charge in [0, 0.05) is 25.7 Å². The zero-order valence-corrected chi connectivity index (χ0v) is 32.6. The third-order valence-corrected chi connectivity index (χ3v) is 11.9. The molecule has 5 saturated heterocycles. The number of rotatable bonds is 0. The molecule has 16 atom stereocenters. The van der Waals surface area contributed by atoms with Gasteiger partial charge < -0.3 is 37.9 Å². The maximum Gasteiger partial charge on any atom is 0.311 e. The number of esters is 4. The Kier molecular flexibility index (Phi) is 14.4. The van der Waals surface area contributed by atoms with Gasteiger partial charge in [0.05, 0.1) is 72.5 Å². The molecule has 5 rings (SSSR count). The first-order valence-electron chi connectivity index (χ1n) is 20.1. The predicted octanol–water partition coefficient (Wildman–Crippen LogP) is 6.02. The molecule has 5 aliphatic heterocycles. The van der Waals surface area contributed by atoms with Crippen LogP contribution in [0.15, 0.2) is 0 Å². The summed E-state index contributed by atoms with van der Waals surface area (Å²) in [6.07, 6.45) is 5.22. The maximum atomic E-state index is 13.1. The number of cyclic esters (lactones) is 4. The van der Waals surface area contributed by atoms with Gasteiger partial charge in [0.1, 0.15) is 24.4 Å². The zero-order valence-electron chi connectivity index (χ0n) is 32.6. The van der Waals surface area contributed by atoms with Crippen molar-refractivity contribution in [3.63, 3.8) is 0 Å². The molecule has 0 N–H and O–H groups in total. The number of ether oxygens (including phenoxy) is 8. The van der Waals surface area contributed by atoms with Crippen molar-refractivity contribution < 1.29 is 57.1 Å². The van der Waals surface area contributed by atoms with E-state index in [0.29, 0.717) is 25.7 Å². The van der Waals surface area contributed by atoms with Crippen LogP contribution in [0.4, 0.5) is 0 Å². The monoisotopic (exact) mass is 736 g/mol. The van der Waals surface area contributed by atoms with E-state index in [4.69, 9.17) is 37.9 Å². The number of carbonyl (C=O) groups excluding carboxylic acids is 4. The molecular formula is C40H64O12. The Morgan fingerprint density at radius 1 is 0.327 bits per heavy atom. The SMILES string of the molecule is C[C@@H]1C[C@H]2CC[C@@H](O2)[C@H](C)C(=O)O[C@H](C)C[C@H]2CC[C@@H](O2)[C@H](C)C(=O)O[C@@H](C)C[C@H]2CC[C@@H](O2)[C@@H](C)C(=O)O[C@H](C)C[C@H]2CC[C@@H](O2)[C@H](C)C(=O)O1. The molecule has 8 bridgehead atoms. The molecule has 296 valence electrons. The first kappa shape index (κ1) is 40.9. The van der Waals surface area contributed by atoms with Gasteiger partial charge in [-0.25, -0.2) is 0 Å². The van der Waals surface area contributed by atoms with Crippen LogP contribution in [-0.4, -0.2) is 97.1 Å². The Morgan fingerprint density at radius 2 is 0.519 bits per heavy atom. The molecule has 5 aliphatic rings. The lowest BCUT2D eigenvalue weighted by Crippen LogP contribution is -2.34. The highest BCUT2D eigenvalue weighted by atomic mass is 16.6. The summed E-state index contributed by atoms with van der Waals surface area (Å²) in [5.41, 5.74) is 0. The van der Waals surface area contributed by atoms with Crippen molar-refractivity contribution in [1.82, 2.24) is 0 Å². The van der Waals surface area contributed by atoms with Gasteiger partial charge in [0.25, 0.3) is 0 Å². The Balaban J connectivity index is 1.19. The third kappa shape index (κ3) is 10.9. The Labute approximate surface area is 309 Å². The van der Waals surface area contributed by atoms with Crippen molar-refractivity contribution in [1.29, 1.82) is 0 Å². The van der Waals surface area contributed by atoms with Crippen LogP contribution in [0.3, 0.4) is 0 Å². The quantitative estimate of drug-likeness (QED) is 0.212. The van der Waals surface area contributed by atoms with Gasteiger partial charge in [-0.1, -0.05) is 0 Å². The van der Waals surface area contributed by atoms with Crippen molar-refractivity contribution in [2.75, 3.05) is 0 Å². The minimum Gasteiger partial charge on any atom is -0.462 e. The molecule has 0 aliphatic carbocycles. The largest absolute Gasteiger partial charge is 0.462 e. The lowest BCUT2D eigenvalue weighted by atomic mass is 10.00. The Morgan fingerprint density at radius 3 is 0.712 bits per heavy atom. The van der Waals surface area contributed by atoms with Crippen LogP contribution >= 0.6 is 0 Å². The molecule has 0 spiro atoms. The van der Waals surface area contributed by atoms with Crippen LogP contribution in [0, 0.1) is 23.7 Å². The van der Waals surface area contributed by atoms with Crippen molar-refractivity contribution in [3.05, 3.63) is 0 Å². The first-order valence-corrected chi connectivity index (χ1v) is 20.1. The summed E-state index contributed by atoms with van der Waals surface area (Å²) >= 11 is 0. The van der Waals surface area contributed by atoms with E-state index in [9.17, 15) is 19.2 Å². The van der Waals surface area contributed by atoms with E-state index < -0.39 is 23.7 Å². The zero-order chi connectivity index (χ0) is 37.7. The number of carbonyl (C=O) groups is 4. The highest BCUT2D eigenvalue weighted by Gasteiger charge is 2.41. The second-order valence-corrected chi connectivity index (χ2v) is 16.6. The summed E-state index contributed by atoms with van der Waals surface area (Å²) in [6, 6.07) is 0. The van der Waals surface area contributed by atoms with Crippen LogP contribution < -0.4 is 0 Å². The standard InChI is InChI=1S/C40H64O12/c1-21-17-29-9-13-34(49-29)26(6)38(42)46-23(3)19-31-11-15-36(51-31)28(8)40(44)48-24(4)20-32-12-16-35(52-32)27(7)39(43)47-22(2)18-30-10-14-33(50-30)25(5)37(41)45-21/h21-36H,9-20H2,1-8H3/t21-,22-,23-,24+,25+,26+,27-,28+,29-,30-,31-,32-,33-,34-,35-,36-/m1/s1. The second-order valence-electron chi connectivity index (χ2n) is 16.6. The fraction of sp³-hybridized carbons (Fsp3) is 0.900. The number of hydrogen-bond acceptors (Lipinski definition) is 12. The van der Waals surface area contributed by atoms with E-state index in [2.05, 4.69) is 0 Å². The number of fused-ring (bicyclic) bond motifs is 8. The summed E-state index contributed by atoms with van der Waals surface area (Å²) in [6.45, 7) is 14.9. The summed E-state index contributed by atoms with van der Waals surface area (Å²) in [4.78, 5) is 52.4. The Hall–Kier alpha value is -2.28. The third-order valence-electron chi connectivity index (χ3n) is 11.9. The summed E-state index contributed by atoms with van der Waals surface area (Å²) in [5, 5.41) is 0. The van der Waals surface area contributed by atoms with Gasteiger partial charge in [-0.15, -0.1) is 0 Å². The number of hydrogen-bond donors (Lipinski definition) is 0. The first-order chi connectivity index (χ1) is 24.7. The van der Waals surface area contributed by atoms with E-state index in [1.54, 1.807) is 0 Å². The van der Waals surface area contributed by atoms with E-state index >= 15 is 0 Å². The van der Waals surface area contributed by atoms with Crippen LogP contribution in [-0.2, 0) is 57.1 Å². The molecule has 5 heterocycles. The van der Waals surface area contributed by atoms with Crippen molar-refractivity contribution in [2.24, 2.45) is 23.7 Å². The predicted molar refractivity (Wildman–Crippen MR) is 189 cm³/mol. The normalized spacial score (nSPS) is 45.2. The molecule has 12 nitrogen and oxygen atoms in total. The summed E-state index contributed by atoms with van der Waals surface area (Å²) in [7, 11) is 0. The lowest BCUT2D eigenvalue weighted by molar-refractivity contribution is -0.161. The molecule has 0 aromatic carbocycles. The fourth-order valence-corrected chi connectivity index (χ4v) is 8.60. The molecule has 0 aromatic rings. The van der Waals surface area contributed by atoms with Crippen LogP contribution in [0.1, 0.15) is 132 Å². The Bertz CT molecular complexity index is 1040. The molecule has 12 heteroatoms. The van der Waals surface area contributed by atoms with Gasteiger partial charge >= 0.3 is 23.9 Å². The van der Waals surface area contributed by atoms with E-state index in [0.717, 1.165) is 51.4 Å². The molecule has 52 heavy (non-hydrogen) atoms. The molecular weight excluding hydrogens is 672 g/mol. The van der Waals surface area contributed by atoms with Gasteiger partial charge in [-0.05, 0) is 107 Å². The van der Waals surface area contributed by atoms with Gasteiger partial charge in [-0.2, -0.15) is 0 Å². The highest BCUT2D eigenvalue weighted by Crippen LogP contribution is 2.34. The van der Waals surface area contributed by atoms with Gasteiger partial charge in [0.2, 0.25) is 0 Å². The topological polar surface area (TPSA) is 142 Å². The fourth-order valence-electron chi connectivity index (χ4n) is 8.60. The van der Waals surface area contributed by atoms with E-state index in [1.165, 1.54) is 0 Å². The second kappa shape index (κ2) is 18.4. The molecule has 0 radical (unpaired) electrons. The van der Waals surface area contributed by atoms with Crippen LogP contribution in [0.25, 0.3) is 0 Å². The van der Waals surface area contributed by atoms with Crippen molar-refractivity contribution in [2.45, 2.75) is 206 Å². The molecule has 0 unspecified atom stereocenters. The summed E-state index contributed by atoms with van der Waals surface area (Å²) < 4.78 is 48.4.